The first-order chi connectivity index (χ1) is 14.6. The van der Waals surface area contributed by atoms with Crippen LogP contribution < -0.4 is 10.6 Å². The third kappa shape index (κ3) is 5.55. The molecule has 0 saturated carbocycles. The number of rotatable bonds is 7. The van der Waals surface area contributed by atoms with Crippen LogP contribution in [0.25, 0.3) is 17.1 Å². The number of hydrogen-bond acceptors (Lipinski definition) is 6. The van der Waals surface area contributed by atoms with Gasteiger partial charge in [-0.1, -0.05) is 12.1 Å². The van der Waals surface area contributed by atoms with Crippen LogP contribution in [0, 0.1) is 0 Å². The number of anilines is 1. The molecule has 0 aliphatic heterocycles. The maximum absolute atomic E-state index is 12.4. The Labute approximate surface area is 173 Å². The molecule has 0 radical (unpaired) electrons. The molecule has 2 N–H and O–H groups in total. The van der Waals surface area contributed by atoms with Crippen molar-refractivity contribution in [2.24, 2.45) is 0 Å². The van der Waals surface area contributed by atoms with Gasteiger partial charge in [0.05, 0.1) is 29.5 Å². The minimum atomic E-state index is -0.792. The first-order valence-electron chi connectivity index (χ1n) is 9.19. The number of carbonyl (C=O) groups excluding carboxylic acids is 3. The number of para-hydroxylation sites is 2. The number of nitrogens with one attached hydrogen (secondary N) is 2. The van der Waals surface area contributed by atoms with Crippen LogP contribution in [0.1, 0.15) is 16.1 Å². The van der Waals surface area contributed by atoms with Gasteiger partial charge in [0, 0.05) is 24.9 Å². The van der Waals surface area contributed by atoms with E-state index in [0.717, 1.165) is 11.0 Å². The largest absolute Gasteiger partial charge is 0.383 e. The van der Waals surface area contributed by atoms with E-state index in [9.17, 15) is 14.4 Å². The van der Waals surface area contributed by atoms with E-state index in [0.29, 0.717) is 23.6 Å². The molecule has 0 aliphatic carbocycles. The van der Waals surface area contributed by atoms with E-state index in [1.807, 2.05) is 24.3 Å². The van der Waals surface area contributed by atoms with Crippen LogP contribution in [0.15, 0.2) is 60.8 Å². The predicted molar refractivity (Wildman–Crippen MR) is 113 cm³/mol. The Bertz CT molecular complexity index is 1090. The van der Waals surface area contributed by atoms with E-state index in [1.165, 1.54) is 13.2 Å². The topological polar surface area (TPSA) is 110 Å². The first kappa shape index (κ1) is 20.8. The van der Waals surface area contributed by atoms with Gasteiger partial charge in [-0.05, 0) is 48.6 Å². The molecule has 0 saturated heterocycles. The zero-order valence-electron chi connectivity index (χ0n) is 16.3. The SMILES string of the molecule is COCCNC(=O)C(=O)Nc1ccc(C(=O)C=Cc2cnc3ccccc3n2)cc1. The van der Waals surface area contributed by atoms with Gasteiger partial charge in [0.15, 0.2) is 5.78 Å². The highest BCUT2D eigenvalue weighted by Crippen LogP contribution is 2.12. The molecule has 1 heterocycles. The molecule has 30 heavy (non-hydrogen) atoms. The zero-order chi connectivity index (χ0) is 21.3. The molecule has 0 aliphatic rings. The van der Waals surface area contributed by atoms with E-state index in [4.69, 9.17) is 4.74 Å². The fourth-order valence-electron chi connectivity index (χ4n) is 2.56. The van der Waals surface area contributed by atoms with Crippen LogP contribution in [0.2, 0.25) is 0 Å². The highest BCUT2D eigenvalue weighted by atomic mass is 16.5. The van der Waals surface area contributed by atoms with E-state index >= 15 is 0 Å². The summed E-state index contributed by atoms with van der Waals surface area (Å²) in [6, 6.07) is 13.7. The van der Waals surface area contributed by atoms with Crippen molar-refractivity contribution in [1.82, 2.24) is 15.3 Å². The monoisotopic (exact) mass is 404 g/mol. The van der Waals surface area contributed by atoms with Gasteiger partial charge in [0.2, 0.25) is 0 Å². The van der Waals surface area contributed by atoms with Crippen molar-refractivity contribution in [2.75, 3.05) is 25.6 Å². The lowest BCUT2D eigenvalue weighted by Gasteiger charge is -2.06. The lowest BCUT2D eigenvalue weighted by molar-refractivity contribution is -0.136. The van der Waals surface area contributed by atoms with Crippen LogP contribution in [0.4, 0.5) is 5.69 Å². The minimum Gasteiger partial charge on any atom is -0.383 e. The third-order valence-electron chi connectivity index (χ3n) is 4.10. The van der Waals surface area contributed by atoms with Crippen molar-refractivity contribution in [1.29, 1.82) is 0 Å². The van der Waals surface area contributed by atoms with Crippen LogP contribution in [0.3, 0.4) is 0 Å². The lowest BCUT2D eigenvalue weighted by atomic mass is 10.1. The van der Waals surface area contributed by atoms with Gasteiger partial charge in [-0.25, -0.2) is 4.98 Å². The number of aromatic nitrogens is 2. The summed E-state index contributed by atoms with van der Waals surface area (Å²) in [5.41, 5.74) is 2.94. The lowest BCUT2D eigenvalue weighted by Crippen LogP contribution is -2.37. The zero-order valence-corrected chi connectivity index (χ0v) is 16.3. The Morgan fingerprint density at radius 2 is 1.73 bits per heavy atom. The Morgan fingerprint density at radius 3 is 2.47 bits per heavy atom. The van der Waals surface area contributed by atoms with Crippen LogP contribution >= 0.6 is 0 Å². The predicted octanol–water partition coefficient (Wildman–Crippen LogP) is 2.23. The number of benzene rings is 2. The Hall–Kier alpha value is -3.91. The van der Waals surface area contributed by atoms with E-state index < -0.39 is 11.8 Å². The average Bonchev–Trinajstić information content (AvgIpc) is 2.78. The highest BCUT2D eigenvalue weighted by Gasteiger charge is 2.13. The molecular formula is C22H20N4O4. The normalized spacial score (nSPS) is 10.8. The van der Waals surface area contributed by atoms with Gasteiger partial charge in [0.25, 0.3) is 0 Å². The maximum atomic E-state index is 12.4. The van der Waals surface area contributed by atoms with E-state index in [1.54, 1.807) is 36.5 Å². The van der Waals surface area contributed by atoms with Crippen molar-refractivity contribution in [2.45, 2.75) is 0 Å². The number of allylic oxidation sites excluding steroid dienone is 1. The summed E-state index contributed by atoms with van der Waals surface area (Å²) in [5, 5.41) is 4.90. The second-order valence-electron chi connectivity index (χ2n) is 6.26. The molecular weight excluding hydrogens is 384 g/mol. The molecule has 8 nitrogen and oxygen atoms in total. The van der Waals surface area contributed by atoms with Gasteiger partial charge >= 0.3 is 11.8 Å². The van der Waals surface area contributed by atoms with Crippen LogP contribution in [-0.4, -0.2) is 47.8 Å². The Balaban J connectivity index is 1.59. The number of ether oxygens (including phenoxy) is 1. The Morgan fingerprint density at radius 1 is 1.00 bits per heavy atom. The molecule has 3 aromatic rings. The molecule has 0 fully saturated rings. The Kier molecular flexibility index (Phi) is 6.96. The quantitative estimate of drug-likeness (QED) is 0.270. The fraction of sp³-hybridized carbons (Fsp3) is 0.136. The van der Waals surface area contributed by atoms with Crippen molar-refractivity contribution in [3.05, 3.63) is 72.1 Å². The summed E-state index contributed by atoms with van der Waals surface area (Å²) in [5.74, 6) is -1.77. The minimum absolute atomic E-state index is 0.222. The summed E-state index contributed by atoms with van der Waals surface area (Å²) < 4.78 is 4.80. The number of nitrogens with zero attached hydrogens (tertiary/aromatic N) is 2. The number of ketones is 1. The third-order valence-corrected chi connectivity index (χ3v) is 4.10. The van der Waals surface area contributed by atoms with Gasteiger partial charge in [0.1, 0.15) is 0 Å². The summed E-state index contributed by atoms with van der Waals surface area (Å²) >= 11 is 0. The van der Waals surface area contributed by atoms with E-state index in [2.05, 4.69) is 20.6 Å². The molecule has 0 unspecified atom stereocenters. The molecule has 0 spiro atoms. The molecule has 0 bridgehead atoms. The maximum Gasteiger partial charge on any atom is 0.313 e. The van der Waals surface area contributed by atoms with Crippen LogP contribution in [-0.2, 0) is 14.3 Å². The second kappa shape index (κ2) is 10.0. The van der Waals surface area contributed by atoms with Crippen LogP contribution in [0.5, 0.6) is 0 Å². The molecule has 0 atom stereocenters. The number of methoxy groups -OCH3 is 1. The number of carbonyl (C=O) groups is 3. The van der Waals surface area contributed by atoms with Gasteiger partial charge < -0.3 is 15.4 Å². The van der Waals surface area contributed by atoms with Crippen molar-refractivity contribution in [3.63, 3.8) is 0 Å². The fourth-order valence-corrected chi connectivity index (χ4v) is 2.56. The highest BCUT2D eigenvalue weighted by molar-refractivity contribution is 6.39. The second-order valence-corrected chi connectivity index (χ2v) is 6.26. The smallest absolute Gasteiger partial charge is 0.313 e. The van der Waals surface area contributed by atoms with Crippen molar-refractivity contribution in [3.8, 4) is 0 Å². The van der Waals surface area contributed by atoms with Gasteiger partial charge in [-0.15, -0.1) is 0 Å². The molecule has 2 amide bonds. The number of amides is 2. The van der Waals surface area contributed by atoms with Crippen molar-refractivity contribution < 1.29 is 19.1 Å². The number of hydrogen-bond donors (Lipinski definition) is 2. The summed E-state index contributed by atoms with van der Waals surface area (Å²) in [6.45, 7) is 0.554. The average molecular weight is 404 g/mol. The summed E-state index contributed by atoms with van der Waals surface area (Å²) in [6.07, 6.45) is 4.61. The van der Waals surface area contributed by atoms with E-state index in [-0.39, 0.29) is 12.3 Å². The van der Waals surface area contributed by atoms with Crippen molar-refractivity contribution >= 4 is 40.4 Å². The van der Waals surface area contributed by atoms with Gasteiger partial charge in [-0.3, -0.25) is 19.4 Å². The molecule has 3 rings (SSSR count). The number of fused-ring (bicyclic) bond motifs is 1. The molecule has 1 aromatic heterocycles. The standard InChI is InChI=1S/C22H20N4O4/c1-30-13-12-23-21(28)22(29)26-16-8-6-15(7-9-16)20(27)11-10-17-14-24-18-4-2-3-5-19(18)25-17/h2-11,14H,12-13H2,1H3,(H,23,28)(H,26,29). The first-order valence-corrected chi connectivity index (χ1v) is 9.19. The summed E-state index contributed by atoms with van der Waals surface area (Å²) in [7, 11) is 1.50. The van der Waals surface area contributed by atoms with Gasteiger partial charge in [-0.2, -0.15) is 0 Å². The molecule has 152 valence electrons. The molecule has 2 aromatic carbocycles. The summed E-state index contributed by atoms with van der Waals surface area (Å²) in [4.78, 5) is 44.6. The molecule has 8 heteroatoms.